The smallest absolute Gasteiger partial charge is 0.253 e. The highest BCUT2D eigenvalue weighted by molar-refractivity contribution is 6.33. The van der Waals surface area contributed by atoms with Crippen LogP contribution in [0.3, 0.4) is 0 Å². The van der Waals surface area contributed by atoms with Crippen molar-refractivity contribution < 1.29 is 9.59 Å². The van der Waals surface area contributed by atoms with Crippen molar-refractivity contribution in [2.45, 2.75) is 0 Å². The van der Waals surface area contributed by atoms with Crippen LogP contribution in [0.15, 0.2) is 55.0 Å². The molecule has 0 saturated carbocycles. The van der Waals surface area contributed by atoms with Gasteiger partial charge in [0.05, 0.1) is 28.3 Å². The standard InChI is InChI=1S/C17H13ClN4O2/c18-13-9-19-8-6-11(13)17(24)21-10-16(23)22-15-5-1-4-14-12(15)3-2-7-20-14/h1-9H,10H2,(H,21,24)(H,22,23). The van der Waals surface area contributed by atoms with Crippen molar-refractivity contribution in [1.29, 1.82) is 0 Å². The molecule has 24 heavy (non-hydrogen) atoms. The lowest BCUT2D eigenvalue weighted by Gasteiger charge is -2.09. The molecule has 2 amide bonds. The normalized spacial score (nSPS) is 10.4. The number of aromatic nitrogens is 2. The molecule has 0 aliphatic rings. The van der Waals surface area contributed by atoms with Crippen molar-refractivity contribution in [3.63, 3.8) is 0 Å². The molecule has 0 atom stereocenters. The second-order valence-electron chi connectivity index (χ2n) is 4.96. The van der Waals surface area contributed by atoms with Crippen LogP contribution in [0, 0.1) is 0 Å². The van der Waals surface area contributed by atoms with E-state index in [1.54, 1.807) is 24.4 Å². The fraction of sp³-hybridized carbons (Fsp3) is 0.0588. The van der Waals surface area contributed by atoms with Gasteiger partial charge in [0.1, 0.15) is 0 Å². The van der Waals surface area contributed by atoms with Crippen LogP contribution >= 0.6 is 11.6 Å². The van der Waals surface area contributed by atoms with Gasteiger partial charge in [-0.25, -0.2) is 0 Å². The average Bonchev–Trinajstić information content (AvgIpc) is 2.60. The minimum Gasteiger partial charge on any atom is -0.343 e. The highest BCUT2D eigenvalue weighted by Crippen LogP contribution is 2.21. The third-order valence-electron chi connectivity index (χ3n) is 3.35. The van der Waals surface area contributed by atoms with Gasteiger partial charge in [0, 0.05) is 24.0 Å². The van der Waals surface area contributed by atoms with Crippen LogP contribution in [0.1, 0.15) is 10.4 Å². The summed E-state index contributed by atoms with van der Waals surface area (Å²) in [7, 11) is 0. The third-order valence-corrected chi connectivity index (χ3v) is 3.65. The molecule has 7 heteroatoms. The van der Waals surface area contributed by atoms with E-state index in [4.69, 9.17) is 11.6 Å². The molecular weight excluding hydrogens is 328 g/mol. The minimum atomic E-state index is -0.433. The first-order valence-corrected chi connectivity index (χ1v) is 7.54. The number of nitrogens with zero attached hydrogens (tertiary/aromatic N) is 2. The van der Waals surface area contributed by atoms with Crippen LogP contribution in [0.25, 0.3) is 10.9 Å². The summed E-state index contributed by atoms with van der Waals surface area (Å²) >= 11 is 5.90. The van der Waals surface area contributed by atoms with Gasteiger partial charge in [0.25, 0.3) is 5.91 Å². The Morgan fingerprint density at radius 1 is 1.08 bits per heavy atom. The maximum Gasteiger partial charge on any atom is 0.253 e. The van der Waals surface area contributed by atoms with Crippen molar-refractivity contribution in [3.8, 4) is 0 Å². The van der Waals surface area contributed by atoms with E-state index in [9.17, 15) is 9.59 Å². The van der Waals surface area contributed by atoms with Crippen molar-refractivity contribution >= 4 is 40.0 Å². The molecule has 0 aliphatic heterocycles. The zero-order valence-corrected chi connectivity index (χ0v) is 13.2. The minimum absolute atomic E-state index is 0.172. The largest absolute Gasteiger partial charge is 0.343 e. The van der Waals surface area contributed by atoms with Crippen LogP contribution in [0.5, 0.6) is 0 Å². The van der Waals surface area contributed by atoms with Crippen LogP contribution in [0.4, 0.5) is 5.69 Å². The summed E-state index contributed by atoms with van der Waals surface area (Å²) in [6.45, 7) is -0.172. The van der Waals surface area contributed by atoms with Crippen LogP contribution in [0.2, 0.25) is 5.02 Å². The van der Waals surface area contributed by atoms with E-state index in [0.717, 1.165) is 10.9 Å². The molecule has 2 heterocycles. The highest BCUT2D eigenvalue weighted by Gasteiger charge is 2.12. The van der Waals surface area contributed by atoms with E-state index in [-0.39, 0.29) is 23.0 Å². The Morgan fingerprint density at radius 2 is 1.96 bits per heavy atom. The highest BCUT2D eigenvalue weighted by atomic mass is 35.5. The Kier molecular flexibility index (Phi) is 4.67. The van der Waals surface area contributed by atoms with Gasteiger partial charge in [-0.3, -0.25) is 19.6 Å². The fourth-order valence-corrected chi connectivity index (χ4v) is 2.43. The lowest BCUT2D eigenvalue weighted by molar-refractivity contribution is -0.115. The molecule has 0 fully saturated rings. The van der Waals surface area contributed by atoms with Crippen LogP contribution < -0.4 is 10.6 Å². The Morgan fingerprint density at radius 3 is 2.79 bits per heavy atom. The molecule has 6 nitrogen and oxygen atoms in total. The molecule has 0 unspecified atom stereocenters. The number of pyridine rings is 2. The number of hydrogen-bond donors (Lipinski definition) is 2. The number of carbonyl (C=O) groups is 2. The molecule has 0 saturated heterocycles. The van der Waals surface area contributed by atoms with Crippen LogP contribution in [-0.4, -0.2) is 28.3 Å². The summed E-state index contributed by atoms with van der Waals surface area (Å²) in [5, 5.41) is 6.36. The topological polar surface area (TPSA) is 84.0 Å². The van der Waals surface area contributed by atoms with Crippen molar-refractivity contribution in [2.75, 3.05) is 11.9 Å². The second-order valence-corrected chi connectivity index (χ2v) is 5.37. The van der Waals surface area contributed by atoms with E-state index in [1.807, 2.05) is 12.1 Å². The fourth-order valence-electron chi connectivity index (χ4n) is 2.22. The lowest BCUT2D eigenvalue weighted by atomic mass is 10.2. The Balaban J connectivity index is 1.66. The van der Waals surface area contributed by atoms with E-state index >= 15 is 0 Å². The zero-order chi connectivity index (χ0) is 16.9. The number of rotatable bonds is 4. The monoisotopic (exact) mass is 340 g/mol. The van der Waals surface area contributed by atoms with Crippen molar-refractivity contribution in [2.24, 2.45) is 0 Å². The number of halogens is 1. The number of benzene rings is 1. The Labute approximate surface area is 142 Å². The molecule has 3 aromatic rings. The van der Waals surface area contributed by atoms with Gasteiger partial charge in [-0.15, -0.1) is 0 Å². The van der Waals surface area contributed by atoms with Gasteiger partial charge in [-0.2, -0.15) is 0 Å². The van der Waals surface area contributed by atoms with E-state index in [0.29, 0.717) is 5.69 Å². The second kappa shape index (κ2) is 7.06. The first kappa shape index (κ1) is 15.9. The molecule has 1 aromatic carbocycles. The number of amides is 2. The summed E-state index contributed by atoms with van der Waals surface area (Å²) in [5.41, 5.74) is 1.69. The molecule has 2 N–H and O–H groups in total. The van der Waals surface area contributed by atoms with Gasteiger partial charge in [-0.1, -0.05) is 17.7 Å². The first-order valence-electron chi connectivity index (χ1n) is 7.16. The van der Waals surface area contributed by atoms with E-state index in [1.165, 1.54) is 18.5 Å². The van der Waals surface area contributed by atoms with Gasteiger partial charge in [0.15, 0.2) is 0 Å². The van der Waals surface area contributed by atoms with Crippen LogP contribution in [-0.2, 0) is 4.79 Å². The number of carbonyl (C=O) groups excluding carboxylic acids is 2. The quantitative estimate of drug-likeness (QED) is 0.764. The van der Waals surface area contributed by atoms with E-state index in [2.05, 4.69) is 20.6 Å². The summed E-state index contributed by atoms with van der Waals surface area (Å²) < 4.78 is 0. The summed E-state index contributed by atoms with van der Waals surface area (Å²) in [5.74, 6) is -0.776. The number of nitrogens with one attached hydrogen (secondary N) is 2. The molecule has 0 spiro atoms. The van der Waals surface area contributed by atoms with Gasteiger partial charge in [-0.05, 0) is 30.3 Å². The molecule has 0 radical (unpaired) electrons. The summed E-state index contributed by atoms with van der Waals surface area (Å²) in [6.07, 6.45) is 4.52. The first-order chi connectivity index (χ1) is 11.6. The molecule has 0 bridgehead atoms. The predicted molar refractivity (Wildman–Crippen MR) is 92.0 cm³/mol. The number of fused-ring (bicyclic) bond motifs is 1. The molecule has 3 rings (SSSR count). The molecule has 120 valence electrons. The van der Waals surface area contributed by atoms with Gasteiger partial charge < -0.3 is 10.6 Å². The predicted octanol–water partition coefficient (Wildman–Crippen LogP) is 2.65. The number of hydrogen-bond acceptors (Lipinski definition) is 4. The summed E-state index contributed by atoms with van der Waals surface area (Å²) in [4.78, 5) is 32.1. The maximum atomic E-state index is 12.1. The molecular formula is C17H13ClN4O2. The van der Waals surface area contributed by atoms with Crippen molar-refractivity contribution in [3.05, 3.63) is 65.6 Å². The van der Waals surface area contributed by atoms with Crippen molar-refractivity contribution in [1.82, 2.24) is 15.3 Å². The Hall–Kier alpha value is -2.99. The Bertz CT molecular complexity index is 908. The molecule has 0 aliphatic carbocycles. The van der Waals surface area contributed by atoms with E-state index < -0.39 is 5.91 Å². The SMILES string of the molecule is O=C(CNC(=O)c1ccncc1Cl)Nc1cccc2ncccc12. The average molecular weight is 341 g/mol. The third kappa shape index (κ3) is 3.49. The summed E-state index contributed by atoms with van der Waals surface area (Å²) in [6, 6.07) is 10.6. The molecule has 2 aromatic heterocycles. The van der Waals surface area contributed by atoms with Gasteiger partial charge >= 0.3 is 0 Å². The van der Waals surface area contributed by atoms with Gasteiger partial charge in [0.2, 0.25) is 5.91 Å². The number of anilines is 1. The zero-order valence-electron chi connectivity index (χ0n) is 12.5. The lowest BCUT2D eigenvalue weighted by Crippen LogP contribution is -2.33. The maximum absolute atomic E-state index is 12.1.